The first kappa shape index (κ1) is 12.5. The van der Waals surface area contributed by atoms with Crippen LogP contribution in [0, 0.1) is 0 Å². The van der Waals surface area contributed by atoms with Crippen molar-refractivity contribution < 1.29 is 4.79 Å². The van der Waals surface area contributed by atoms with E-state index in [1.807, 2.05) is 24.3 Å². The normalized spacial score (nSPS) is 10.1. The predicted octanol–water partition coefficient (Wildman–Crippen LogP) is 2.85. The molecule has 0 spiro atoms. The molecule has 4 heteroatoms. The van der Waals surface area contributed by atoms with Gasteiger partial charge in [-0.15, -0.1) is 0 Å². The molecule has 3 nitrogen and oxygen atoms in total. The van der Waals surface area contributed by atoms with Crippen LogP contribution >= 0.6 is 11.6 Å². The second-order valence-corrected chi connectivity index (χ2v) is 4.32. The van der Waals surface area contributed by atoms with E-state index in [1.165, 1.54) is 0 Å². The summed E-state index contributed by atoms with van der Waals surface area (Å²) in [6.07, 6.45) is 0. The molecule has 0 atom stereocenters. The van der Waals surface area contributed by atoms with E-state index >= 15 is 0 Å². The van der Waals surface area contributed by atoms with Gasteiger partial charge in [-0.1, -0.05) is 29.8 Å². The maximum absolute atomic E-state index is 11.8. The third kappa shape index (κ3) is 3.02. The minimum atomic E-state index is -0.144. The molecule has 92 valence electrons. The molecular weight excluding hydrogens is 248 g/mol. The Kier molecular flexibility index (Phi) is 3.85. The van der Waals surface area contributed by atoms with Crippen molar-refractivity contribution in [3.63, 3.8) is 0 Å². The summed E-state index contributed by atoms with van der Waals surface area (Å²) >= 11 is 5.76. The molecule has 0 saturated heterocycles. The van der Waals surface area contributed by atoms with E-state index in [2.05, 4.69) is 5.32 Å². The summed E-state index contributed by atoms with van der Waals surface area (Å²) in [7, 11) is 0. The van der Waals surface area contributed by atoms with Crippen LogP contribution in [0.15, 0.2) is 48.5 Å². The maximum Gasteiger partial charge on any atom is 0.251 e. The van der Waals surface area contributed by atoms with Crippen molar-refractivity contribution in [1.29, 1.82) is 0 Å². The van der Waals surface area contributed by atoms with Crippen molar-refractivity contribution in [2.24, 2.45) is 0 Å². The Morgan fingerprint density at radius 2 is 1.78 bits per heavy atom. The minimum absolute atomic E-state index is 0.144. The first-order valence-electron chi connectivity index (χ1n) is 5.54. The lowest BCUT2D eigenvalue weighted by Crippen LogP contribution is -2.23. The molecule has 0 aliphatic carbocycles. The van der Waals surface area contributed by atoms with Crippen molar-refractivity contribution in [3.05, 3.63) is 64.7 Å². The zero-order valence-corrected chi connectivity index (χ0v) is 10.4. The Morgan fingerprint density at radius 1 is 1.11 bits per heavy atom. The average Bonchev–Trinajstić information content (AvgIpc) is 2.38. The molecule has 0 fully saturated rings. The summed E-state index contributed by atoms with van der Waals surface area (Å²) < 4.78 is 0. The Balaban J connectivity index is 2.01. The fourth-order valence-electron chi connectivity index (χ4n) is 1.57. The van der Waals surface area contributed by atoms with Gasteiger partial charge >= 0.3 is 0 Å². The molecule has 0 radical (unpaired) electrons. The average molecular weight is 261 g/mol. The SMILES string of the molecule is Nc1ccccc1CNC(=O)c1ccc(Cl)cc1. The molecule has 0 aliphatic heterocycles. The number of nitrogens with one attached hydrogen (secondary N) is 1. The van der Waals surface area contributed by atoms with Gasteiger partial charge in [0.25, 0.3) is 5.91 Å². The second-order valence-electron chi connectivity index (χ2n) is 3.89. The lowest BCUT2D eigenvalue weighted by atomic mass is 10.1. The summed E-state index contributed by atoms with van der Waals surface area (Å²) in [5, 5.41) is 3.42. The topological polar surface area (TPSA) is 55.1 Å². The number of amides is 1. The molecule has 18 heavy (non-hydrogen) atoms. The van der Waals surface area contributed by atoms with E-state index in [4.69, 9.17) is 17.3 Å². The van der Waals surface area contributed by atoms with E-state index in [9.17, 15) is 4.79 Å². The van der Waals surface area contributed by atoms with Crippen LogP contribution in [0.25, 0.3) is 0 Å². The molecule has 0 aliphatic rings. The van der Waals surface area contributed by atoms with Crippen LogP contribution in [-0.2, 0) is 6.54 Å². The molecule has 0 aromatic heterocycles. The van der Waals surface area contributed by atoms with Gasteiger partial charge in [0, 0.05) is 22.8 Å². The summed E-state index contributed by atoms with van der Waals surface area (Å²) in [5.41, 5.74) is 7.95. The summed E-state index contributed by atoms with van der Waals surface area (Å²) in [5.74, 6) is -0.144. The quantitative estimate of drug-likeness (QED) is 0.834. The summed E-state index contributed by atoms with van der Waals surface area (Å²) in [4.78, 5) is 11.8. The number of hydrogen-bond acceptors (Lipinski definition) is 2. The lowest BCUT2D eigenvalue weighted by molar-refractivity contribution is 0.0951. The fraction of sp³-hybridized carbons (Fsp3) is 0.0714. The van der Waals surface area contributed by atoms with Crippen LogP contribution in [0.5, 0.6) is 0 Å². The standard InChI is InChI=1S/C14H13ClN2O/c15-12-7-5-10(6-8-12)14(18)17-9-11-3-1-2-4-13(11)16/h1-8H,9,16H2,(H,17,18). The van der Waals surface area contributed by atoms with Gasteiger partial charge < -0.3 is 11.1 Å². The number of halogens is 1. The molecule has 2 rings (SSSR count). The smallest absolute Gasteiger partial charge is 0.251 e. The Hall–Kier alpha value is -2.00. The van der Waals surface area contributed by atoms with E-state index < -0.39 is 0 Å². The maximum atomic E-state index is 11.8. The largest absolute Gasteiger partial charge is 0.398 e. The van der Waals surface area contributed by atoms with Gasteiger partial charge in [-0.3, -0.25) is 4.79 Å². The van der Waals surface area contributed by atoms with Gasteiger partial charge in [0.2, 0.25) is 0 Å². The fourth-order valence-corrected chi connectivity index (χ4v) is 1.70. The molecule has 0 unspecified atom stereocenters. The Morgan fingerprint density at radius 3 is 2.44 bits per heavy atom. The van der Waals surface area contributed by atoms with Gasteiger partial charge in [-0.2, -0.15) is 0 Å². The molecule has 0 saturated carbocycles. The van der Waals surface area contributed by atoms with Gasteiger partial charge in [-0.05, 0) is 35.9 Å². The van der Waals surface area contributed by atoms with E-state index in [1.54, 1.807) is 24.3 Å². The number of nitrogens with two attached hydrogens (primary N) is 1. The number of hydrogen-bond donors (Lipinski definition) is 2. The predicted molar refractivity (Wildman–Crippen MR) is 73.5 cm³/mol. The first-order chi connectivity index (χ1) is 8.66. The van der Waals surface area contributed by atoms with Crippen LogP contribution < -0.4 is 11.1 Å². The van der Waals surface area contributed by atoms with Crippen molar-refractivity contribution in [2.45, 2.75) is 6.54 Å². The first-order valence-corrected chi connectivity index (χ1v) is 5.92. The Labute approximate surface area is 111 Å². The molecule has 2 aromatic carbocycles. The van der Waals surface area contributed by atoms with E-state index in [0.29, 0.717) is 22.8 Å². The molecule has 1 amide bonds. The van der Waals surface area contributed by atoms with Crippen LogP contribution in [0.2, 0.25) is 5.02 Å². The third-order valence-electron chi connectivity index (χ3n) is 2.60. The molecule has 2 aromatic rings. The zero-order valence-electron chi connectivity index (χ0n) is 9.69. The van der Waals surface area contributed by atoms with Gasteiger partial charge in [0.1, 0.15) is 0 Å². The van der Waals surface area contributed by atoms with Crippen molar-refractivity contribution in [1.82, 2.24) is 5.32 Å². The number of carbonyl (C=O) groups excluding carboxylic acids is 1. The number of nitrogen functional groups attached to an aromatic ring is 1. The molecular formula is C14H13ClN2O. The number of carbonyl (C=O) groups is 1. The van der Waals surface area contributed by atoms with Gasteiger partial charge in [0.15, 0.2) is 0 Å². The zero-order chi connectivity index (χ0) is 13.0. The highest BCUT2D eigenvalue weighted by atomic mass is 35.5. The highest BCUT2D eigenvalue weighted by Gasteiger charge is 2.05. The molecule has 0 heterocycles. The monoisotopic (exact) mass is 260 g/mol. The van der Waals surface area contributed by atoms with Crippen LogP contribution in [0.4, 0.5) is 5.69 Å². The number of rotatable bonds is 3. The Bertz CT molecular complexity index is 552. The summed E-state index contributed by atoms with van der Waals surface area (Å²) in [6.45, 7) is 0.411. The highest BCUT2D eigenvalue weighted by Crippen LogP contribution is 2.11. The van der Waals surface area contributed by atoms with Crippen molar-refractivity contribution >= 4 is 23.2 Å². The molecule has 3 N–H and O–H groups in total. The summed E-state index contributed by atoms with van der Waals surface area (Å²) in [6, 6.07) is 14.2. The van der Waals surface area contributed by atoms with E-state index in [-0.39, 0.29) is 5.91 Å². The van der Waals surface area contributed by atoms with Crippen LogP contribution in [0.3, 0.4) is 0 Å². The van der Waals surface area contributed by atoms with Crippen LogP contribution in [-0.4, -0.2) is 5.91 Å². The highest BCUT2D eigenvalue weighted by molar-refractivity contribution is 6.30. The van der Waals surface area contributed by atoms with E-state index in [0.717, 1.165) is 5.56 Å². The molecule has 0 bridgehead atoms. The number of benzene rings is 2. The third-order valence-corrected chi connectivity index (χ3v) is 2.85. The minimum Gasteiger partial charge on any atom is -0.398 e. The number of para-hydroxylation sites is 1. The second kappa shape index (κ2) is 5.56. The van der Waals surface area contributed by atoms with Crippen molar-refractivity contribution in [2.75, 3.05) is 5.73 Å². The van der Waals surface area contributed by atoms with Crippen molar-refractivity contribution in [3.8, 4) is 0 Å². The van der Waals surface area contributed by atoms with Gasteiger partial charge in [0.05, 0.1) is 0 Å². The van der Waals surface area contributed by atoms with Crippen LogP contribution in [0.1, 0.15) is 15.9 Å². The van der Waals surface area contributed by atoms with Gasteiger partial charge in [-0.25, -0.2) is 0 Å². The number of anilines is 1. The lowest BCUT2D eigenvalue weighted by Gasteiger charge is -2.07.